The maximum atomic E-state index is 11.9. The SMILES string of the molecule is C[C@]12CC[C@H]3[C@@H](CCC4=CC(=O)CC[C@@]43C)[C@@H]1CC[C@@H]2CCC(=O)O. The molecule has 3 heteroatoms. The summed E-state index contributed by atoms with van der Waals surface area (Å²) in [6.07, 6.45) is 12.3. The summed E-state index contributed by atoms with van der Waals surface area (Å²) >= 11 is 0. The molecule has 0 spiro atoms. The van der Waals surface area contributed by atoms with Gasteiger partial charge in [0.1, 0.15) is 0 Å². The fraction of sp³-hybridized carbons (Fsp3) is 0.818. The van der Waals surface area contributed by atoms with Crippen molar-refractivity contribution in [1.29, 1.82) is 0 Å². The van der Waals surface area contributed by atoms with Crippen LogP contribution in [0.15, 0.2) is 11.6 Å². The molecule has 0 aromatic heterocycles. The van der Waals surface area contributed by atoms with Gasteiger partial charge in [-0.1, -0.05) is 19.4 Å². The van der Waals surface area contributed by atoms with Crippen LogP contribution in [0.25, 0.3) is 0 Å². The standard InChI is InChI=1S/C22H32O3/c1-21-12-10-19-17(18(21)7-4-14(21)5-8-20(24)25)6-3-15-13-16(23)9-11-22(15,19)2/h13-14,17-19H,3-12H2,1-2H3,(H,24,25)/t14-,17+,18+,19+,21-,22+/m1/s1. The van der Waals surface area contributed by atoms with Crippen LogP contribution in [-0.4, -0.2) is 16.9 Å². The Bertz CT molecular complexity index is 621. The van der Waals surface area contributed by atoms with Crippen molar-refractivity contribution in [3.63, 3.8) is 0 Å². The first-order chi connectivity index (χ1) is 11.8. The molecule has 0 radical (unpaired) electrons. The second-order valence-corrected chi connectivity index (χ2v) is 9.72. The molecule has 0 aliphatic heterocycles. The Hall–Kier alpha value is -1.12. The van der Waals surface area contributed by atoms with E-state index in [0.29, 0.717) is 23.5 Å². The first kappa shape index (κ1) is 17.3. The monoisotopic (exact) mass is 344 g/mol. The van der Waals surface area contributed by atoms with Gasteiger partial charge in [-0.15, -0.1) is 0 Å². The number of carbonyl (C=O) groups excluding carboxylic acids is 1. The highest BCUT2D eigenvalue weighted by molar-refractivity contribution is 5.91. The number of ketones is 1. The predicted octanol–water partition coefficient (Wildman–Crippen LogP) is 5.00. The molecular weight excluding hydrogens is 312 g/mol. The van der Waals surface area contributed by atoms with Gasteiger partial charge in [0.25, 0.3) is 0 Å². The zero-order valence-corrected chi connectivity index (χ0v) is 15.7. The molecule has 0 aromatic carbocycles. The van der Waals surface area contributed by atoms with Gasteiger partial charge in [-0.05, 0) is 91.9 Å². The van der Waals surface area contributed by atoms with E-state index in [0.717, 1.165) is 43.4 Å². The Morgan fingerprint density at radius 3 is 2.68 bits per heavy atom. The summed E-state index contributed by atoms with van der Waals surface area (Å²) in [5.41, 5.74) is 2.03. The highest BCUT2D eigenvalue weighted by Crippen LogP contribution is 2.67. The van der Waals surface area contributed by atoms with Crippen molar-refractivity contribution in [2.24, 2.45) is 34.5 Å². The number of fused-ring (bicyclic) bond motifs is 5. The molecule has 4 aliphatic carbocycles. The minimum absolute atomic E-state index is 0.247. The number of hydrogen-bond donors (Lipinski definition) is 1. The highest BCUT2D eigenvalue weighted by Gasteiger charge is 2.58. The summed E-state index contributed by atoms with van der Waals surface area (Å²) < 4.78 is 0. The molecule has 3 fully saturated rings. The molecule has 138 valence electrons. The van der Waals surface area contributed by atoms with E-state index in [9.17, 15) is 9.59 Å². The molecule has 1 N–H and O–H groups in total. The van der Waals surface area contributed by atoms with Crippen LogP contribution in [0, 0.1) is 34.5 Å². The average Bonchev–Trinajstić information content (AvgIpc) is 2.90. The Morgan fingerprint density at radius 2 is 1.92 bits per heavy atom. The number of rotatable bonds is 3. The van der Waals surface area contributed by atoms with E-state index in [2.05, 4.69) is 13.8 Å². The van der Waals surface area contributed by atoms with Crippen LogP contribution in [0.1, 0.15) is 78.1 Å². The Kier molecular flexibility index (Phi) is 4.12. The molecule has 0 aromatic rings. The van der Waals surface area contributed by atoms with Crippen LogP contribution in [0.5, 0.6) is 0 Å². The lowest BCUT2D eigenvalue weighted by Gasteiger charge is -2.58. The van der Waals surface area contributed by atoms with Crippen LogP contribution < -0.4 is 0 Å². The Balaban J connectivity index is 1.57. The summed E-state index contributed by atoms with van der Waals surface area (Å²) in [6, 6.07) is 0. The average molecular weight is 344 g/mol. The largest absolute Gasteiger partial charge is 0.481 e. The number of carboxylic acids is 1. The van der Waals surface area contributed by atoms with Crippen molar-refractivity contribution in [2.75, 3.05) is 0 Å². The topological polar surface area (TPSA) is 54.4 Å². The van der Waals surface area contributed by atoms with Crippen LogP contribution in [-0.2, 0) is 9.59 Å². The summed E-state index contributed by atoms with van der Waals surface area (Å²) in [5.74, 6) is 2.56. The summed E-state index contributed by atoms with van der Waals surface area (Å²) in [4.78, 5) is 22.9. The maximum absolute atomic E-state index is 11.9. The van der Waals surface area contributed by atoms with Gasteiger partial charge in [0, 0.05) is 12.8 Å². The number of aliphatic carboxylic acids is 1. The van der Waals surface area contributed by atoms with Gasteiger partial charge < -0.3 is 5.11 Å². The van der Waals surface area contributed by atoms with E-state index in [1.807, 2.05) is 6.08 Å². The quantitative estimate of drug-likeness (QED) is 0.784. The van der Waals surface area contributed by atoms with Gasteiger partial charge in [0.2, 0.25) is 0 Å². The summed E-state index contributed by atoms with van der Waals surface area (Å²) in [6.45, 7) is 4.90. The third-order valence-electron chi connectivity index (χ3n) is 8.87. The third-order valence-corrected chi connectivity index (χ3v) is 8.87. The van der Waals surface area contributed by atoms with E-state index in [4.69, 9.17) is 5.11 Å². The Labute approximate surface area is 151 Å². The molecule has 0 bridgehead atoms. The highest BCUT2D eigenvalue weighted by atomic mass is 16.4. The fourth-order valence-electron chi connectivity index (χ4n) is 7.44. The smallest absolute Gasteiger partial charge is 0.303 e. The molecule has 25 heavy (non-hydrogen) atoms. The zero-order chi connectivity index (χ0) is 17.8. The molecule has 0 heterocycles. The second kappa shape index (κ2) is 5.96. The molecule has 0 amide bonds. The molecule has 6 atom stereocenters. The van der Waals surface area contributed by atoms with Gasteiger partial charge in [0.05, 0.1) is 0 Å². The number of carbonyl (C=O) groups is 2. The molecule has 0 saturated heterocycles. The second-order valence-electron chi connectivity index (χ2n) is 9.72. The van der Waals surface area contributed by atoms with Gasteiger partial charge in [-0.2, -0.15) is 0 Å². The van der Waals surface area contributed by atoms with Crippen molar-refractivity contribution in [3.05, 3.63) is 11.6 Å². The first-order valence-electron chi connectivity index (χ1n) is 10.3. The molecular formula is C22H32O3. The van der Waals surface area contributed by atoms with Gasteiger partial charge in [-0.25, -0.2) is 0 Å². The normalized spacial score (nSPS) is 46.0. The predicted molar refractivity (Wildman–Crippen MR) is 97.1 cm³/mol. The van der Waals surface area contributed by atoms with Crippen LogP contribution >= 0.6 is 0 Å². The van der Waals surface area contributed by atoms with Crippen molar-refractivity contribution in [1.82, 2.24) is 0 Å². The van der Waals surface area contributed by atoms with Gasteiger partial charge >= 0.3 is 5.97 Å². The zero-order valence-electron chi connectivity index (χ0n) is 15.7. The number of allylic oxidation sites excluding steroid dienone is 1. The van der Waals surface area contributed by atoms with E-state index in [1.54, 1.807) is 0 Å². The summed E-state index contributed by atoms with van der Waals surface area (Å²) in [5, 5.41) is 9.09. The molecule has 3 saturated carbocycles. The minimum Gasteiger partial charge on any atom is -0.481 e. The van der Waals surface area contributed by atoms with Crippen molar-refractivity contribution in [3.8, 4) is 0 Å². The lowest BCUT2D eigenvalue weighted by molar-refractivity contribution is -0.137. The Morgan fingerprint density at radius 1 is 1.12 bits per heavy atom. The minimum atomic E-state index is -0.646. The fourth-order valence-corrected chi connectivity index (χ4v) is 7.44. The van der Waals surface area contributed by atoms with Crippen molar-refractivity contribution < 1.29 is 14.7 Å². The third kappa shape index (κ3) is 2.61. The van der Waals surface area contributed by atoms with Crippen LogP contribution in [0.3, 0.4) is 0 Å². The van der Waals surface area contributed by atoms with E-state index in [-0.39, 0.29) is 5.41 Å². The maximum Gasteiger partial charge on any atom is 0.303 e. The van der Waals surface area contributed by atoms with E-state index < -0.39 is 5.97 Å². The van der Waals surface area contributed by atoms with Crippen LogP contribution in [0.2, 0.25) is 0 Å². The number of carboxylic acid groups (broad SMARTS) is 1. The molecule has 0 unspecified atom stereocenters. The molecule has 3 nitrogen and oxygen atoms in total. The summed E-state index contributed by atoms with van der Waals surface area (Å²) in [7, 11) is 0. The van der Waals surface area contributed by atoms with Crippen LogP contribution in [0.4, 0.5) is 0 Å². The number of hydrogen-bond acceptors (Lipinski definition) is 2. The van der Waals surface area contributed by atoms with Gasteiger partial charge in [-0.3, -0.25) is 9.59 Å². The van der Waals surface area contributed by atoms with E-state index >= 15 is 0 Å². The van der Waals surface area contributed by atoms with Crippen molar-refractivity contribution >= 4 is 11.8 Å². The molecule has 4 aliphatic rings. The molecule has 4 rings (SSSR count). The van der Waals surface area contributed by atoms with Crippen molar-refractivity contribution in [2.45, 2.75) is 78.1 Å². The van der Waals surface area contributed by atoms with Gasteiger partial charge in [0.15, 0.2) is 5.78 Å². The van der Waals surface area contributed by atoms with E-state index in [1.165, 1.54) is 37.7 Å². The lowest BCUT2D eigenvalue weighted by atomic mass is 9.46. The lowest BCUT2D eigenvalue weighted by Crippen LogP contribution is -2.50. The first-order valence-corrected chi connectivity index (χ1v) is 10.3.